The van der Waals surface area contributed by atoms with Gasteiger partial charge in [0.05, 0.1) is 11.6 Å². The second-order valence-corrected chi connectivity index (χ2v) is 12.2. The van der Waals surface area contributed by atoms with E-state index in [9.17, 15) is 14.3 Å². The molecule has 2 fully saturated rings. The van der Waals surface area contributed by atoms with Crippen LogP contribution in [0.15, 0.2) is 24.7 Å². The molecule has 5 rings (SSSR count). The van der Waals surface area contributed by atoms with Crippen LogP contribution in [0, 0.1) is 11.3 Å². The minimum absolute atomic E-state index is 0.00658. The van der Waals surface area contributed by atoms with Gasteiger partial charge in [-0.15, -0.1) is 0 Å². The Morgan fingerprint density at radius 2 is 1.89 bits per heavy atom. The first-order chi connectivity index (χ1) is 17.2. The zero-order valence-corrected chi connectivity index (χ0v) is 22.8. The van der Waals surface area contributed by atoms with Crippen LogP contribution in [0.25, 0.3) is 0 Å². The number of nitriles is 1. The molecule has 192 valence electrons. The molecule has 5 heterocycles. The molecule has 10 heteroatoms. The van der Waals surface area contributed by atoms with Gasteiger partial charge >= 0.3 is 0 Å². The standard InChI is InChI=1S/C24H29N7O2S.C2H6/c1-16-13-29(8-9-30(16)22(32)24(4)6-10-34(24)33)20-19-21(28-15-27-20)31(14-23(19,2)3)18-11-17(12-25)5-7-26-18;1-2/h5,7,11,15-16H,6,8-10,13-14H2,1-4H3;1-2H3. The topological polar surface area (TPSA) is 106 Å². The highest BCUT2D eigenvalue weighted by atomic mass is 32.2. The maximum Gasteiger partial charge on any atom is 0.241 e. The molecule has 0 aromatic carbocycles. The van der Waals surface area contributed by atoms with Crippen molar-refractivity contribution < 1.29 is 9.00 Å². The van der Waals surface area contributed by atoms with E-state index in [1.807, 2.05) is 32.6 Å². The average molecular weight is 510 g/mol. The molecule has 0 spiro atoms. The summed E-state index contributed by atoms with van der Waals surface area (Å²) in [6.07, 6.45) is 3.92. The number of piperazine rings is 1. The Hall–Kier alpha value is -3.06. The molecule has 0 N–H and O–H groups in total. The molecule has 1 amide bonds. The van der Waals surface area contributed by atoms with Crippen molar-refractivity contribution in [2.75, 3.05) is 41.7 Å². The fourth-order valence-electron chi connectivity index (χ4n) is 5.24. The van der Waals surface area contributed by atoms with Crippen molar-refractivity contribution in [2.45, 2.75) is 64.2 Å². The number of hydrogen-bond acceptors (Lipinski definition) is 8. The molecule has 3 atom stereocenters. The largest absolute Gasteiger partial charge is 0.352 e. The Bertz CT molecular complexity index is 1230. The minimum Gasteiger partial charge on any atom is -0.352 e. The van der Waals surface area contributed by atoms with E-state index in [1.165, 1.54) is 0 Å². The van der Waals surface area contributed by atoms with Gasteiger partial charge < -0.3 is 14.7 Å². The zero-order chi connectivity index (χ0) is 26.3. The smallest absolute Gasteiger partial charge is 0.241 e. The maximum absolute atomic E-state index is 13.2. The Kier molecular flexibility index (Phi) is 7.06. The highest BCUT2D eigenvalue weighted by Gasteiger charge is 2.50. The van der Waals surface area contributed by atoms with Crippen LogP contribution in [0.4, 0.5) is 17.5 Å². The van der Waals surface area contributed by atoms with Gasteiger partial charge in [0.15, 0.2) is 0 Å². The van der Waals surface area contributed by atoms with Gasteiger partial charge in [-0.3, -0.25) is 9.00 Å². The Labute approximate surface area is 216 Å². The fourth-order valence-corrected chi connectivity index (χ4v) is 6.54. The van der Waals surface area contributed by atoms with E-state index in [0.717, 1.165) is 17.2 Å². The van der Waals surface area contributed by atoms with Crippen molar-refractivity contribution >= 4 is 34.2 Å². The van der Waals surface area contributed by atoms with Gasteiger partial charge in [0.1, 0.15) is 28.5 Å². The molecule has 2 aromatic rings. The van der Waals surface area contributed by atoms with Crippen LogP contribution < -0.4 is 9.80 Å². The van der Waals surface area contributed by atoms with Crippen molar-refractivity contribution in [1.82, 2.24) is 19.9 Å². The average Bonchev–Trinajstić information content (AvgIpc) is 3.18. The number of fused-ring (bicyclic) bond motifs is 1. The summed E-state index contributed by atoms with van der Waals surface area (Å²) in [6, 6.07) is 5.64. The van der Waals surface area contributed by atoms with Gasteiger partial charge in [-0.25, -0.2) is 15.0 Å². The lowest BCUT2D eigenvalue weighted by atomic mass is 9.87. The van der Waals surface area contributed by atoms with Crippen LogP contribution in [0.5, 0.6) is 0 Å². The summed E-state index contributed by atoms with van der Waals surface area (Å²) < 4.78 is 11.5. The number of hydrogen-bond donors (Lipinski definition) is 0. The summed E-state index contributed by atoms with van der Waals surface area (Å²) in [4.78, 5) is 33.1. The molecule has 2 saturated heterocycles. The predicted octanol–water partition coefficient (Wildman–Crippen LogP) is 3.15. The van der Waals surface area contributed by atoms with Crippen LogP contribution in [0.1, 0.15) is 59.1 Å². The van der Waals surface area contributed by atoms with Crippen molar-refractivity contribution in [2.24, 2.45) is 0 Å². The van der Waals surface area contributed by atoms with Crippen LogP contribution >= 0.6 is 0 Å². The highest BCUT2D eigenvalue weighted by Crippen LogP contribution is 2.46. The predicted molar refractivity (Wildman–Crippen MR) is 142 cm³/mol. The maximum atomic E-state index is 13.2. The van der Waals surface area contributed by atoms with Crippen molar-refractivity contribution in [1.29, 1.82) is 5.26 Å². The first-order valence-electron chi connectivity index (χ1n) is 12.6. The minimum atomic E-state index is -1.08. The van der Waals surface area contributed by atoms with Gasteiger partial charge in [0, 0.05) is 65.9 Å². The Morgan fingerprint density at radius 3 is 2.50 bits per heavy atom. The summed E-state index contributed by atoms with van der Waals surface area (Å²) in [5.74, 6) is 3.00. The summed E-state index contributed by atoms with van der Waals surface area (Å²) in [5.41, 5.74) is 1.38. The second-order valence-electron chi connectivity index (χ2n) is 10.2. The molecule has 0 radical (unpaired) electrons. The van der Waals surface area contributed by atoms with E-state index in [2.05, 4.69) is 44.7 Å². The normalized spacial score (nSPS) is 26.3. The zero-order valence-electron chi connectivity index (χ0n) is 22.0. The van der Waals surface area contributed by atoms with Gasteiger partial charge in [-0.2, -0.15) is 5.26 Å². The first kappa shape index (κ1) is 26.0. The molecule has 9 nitrogen and oxygen atoms in total. The number of carbonyl (C=O) groups is 1. The van der Waals surface area contributed by atoms with Gasteiger partial charge in [-0.1, -0.05) is 27.7 Å². The SMILES string of the molecule is CC.CC1CN(c2ncnc3c2C(C)(C)CN3c2cc(C#N)ccn2)CCN1C(=O)C1(C)CCS1=O. The molecule has 3 aliphatic rings. The number of rotatable bonds is 3. The van der Waals surface area contributed by atoms with Crippen molar-refractivity contribution in [3.63, 3.8) is 0 Å². The molecule has 3 unspecified atom stereocenters. The molecule has 0 bridgehead atoms. The van der Waals surface area contributed by atoms with Gasteiger partial charge in [0.25, 0.3) is 0 Å². The highest BCUT2D eigenvalue weighted by molar-refractivity contribution is 7.88. The Balaban J connectivity index is 0.00000148. The first-order valence-corrected chi connectivity index (χ1v) is 13.9. The summed E-state index contributed by atoms with van der Waals surface area (Å²) in [7, 11) is -1.08. The van der Waals surface area contributed by atoms with E-state index >= 15 is 0 Å². The summed E-state index contributed by atoms with van der Waals surface area (Å²) in [5, 5.41) is 9.31. The number of amides is 1. The van der Waals surface area contributed by atoms with Gasteiger partial charge in [0.2, 0.25) is 5.91 Å². The molecule has 0 saturated carbocycles. The van der Waals surface area contributed by atoms with Crippen LogP contribution in [0.3, 0.4) is 0 Å². The third-order valence-corrected chi connectivity index (χ3v) is 9.31. The summed E-state index contributed by atoms with van der Waals surface area (Å²) in [6.45, 7) is 14.8. The van der Waals surface area contributed by atoms with Crippen LogP contribution in [-0.4, -0.2) is 72.7 Å². The number of carbonyl (C=O) groups excluding carboxylic acids is 1. The number of anilines is 3. The second kappa shape index (κ2) is 9.77. The Morgan fingerprint density at radius 1 is 1.17 bits per heavy atom. The van der Waals surface area contributed by atoms with E-state index < -0.39 is 15.5 Å². The third kappa shape index (κ3) is 4.23. The number of nitrogens with zero attached hydrogens (tertiary/aromatic N) is 7. The fraction of sp³-hybridized carbons (Fsp3) is 0.577. The lowest BCUT2D eigenvalue weighted by Gasteiger charge is -2.46. The lowest BCUT2D eigenvalue weighted by Crippen LogP contribution is -2.63. The summed E-state index contributed by atoms with van der Waals surface area (Å²) >= 11 is 0. The number of aromatic nitrogens is 3. The van der Waals surface area contributed by atoms with E-state index in [0.29, 0.717) is 49.7 Å². The molecular formula is C26H35N7O2S. The molecule has 36 heavy (non-hydrogen) atoms. The van der Waals surface area contributed by atoms with E-state index in [-0.39, 0.29) is 17.4 Å². The van der Waals surface area contributed by atoms with Crippen LogP contribution in [0.2, 0.25) is 0 Å². The monoisotopic (exact) mass is 509 g/mol. The lowest BCUT2D eigenvalue weighted by molar-refractivity contribution is -0.136. The number of pyridine rings is 1. The van der Waals surface area contributed by atoms with Gasteiger partial charge in [-0.05, 0) is 32.4 Å². The molecule has 3 aliphatic heterocycles. The molecular weight excluding hydrogens is 474 g/mol. The van der Waals surface area contributed by atoms with Crippen molar-refractivity contribution in [3.8, 4) is 6.07 Å². The quantitative estimate of drug-likeness (QED) is 0.621. The van der Waals surface area contributed by atoms with Crippen LogP contribution in [-0.2, 0) is 21.0 Å². The third-order valence-electron chi connectivity index (χ3n) is 7.35. The van der Waals surface area contributed by atoms with Crippen molar-refractivity contribution in [3.05, 3.63) is 35.8 Å². The molecule has 0 aliphatic carbocycles. The van der Waals surface area contributed by atoms with E-state index in [1.54, 1.807) is 24.7 Å². The van der Waals surface area contributed by atoms with E-state index in [4.69, 9.17) is 0 Å². The molecule has 2 aromatic heterocycles.